The number of primary amides is 1. The molecule has 1 amide bonds. The molecule has 2 atom stereocenters. The second kappa shape index (κ2) is 4.35. The van der Waals surface area contributed by atoms with Crippen molar-refractivity contribution < 1.29 is 4.79 Å². The van der Waals surface area contributed by atoms with Gasteiger partial charge in [0.1, 0.15) is 0 Å². The van der Waals surface area contributed by atoms with Gasteiger partial charge in [0.05, 0.1) is 22.9 Å². The first-order chi connectivity index (χ1) is 9.16. The van der Waals surface area contributed by atoms with E-state index in [2.05, 4.69) is 20.9 Å². The van der Waals surface area contributed by atoms with E-state index in [1.54, 1.807) is 7.05 Å². The molecule has 2 unspecified atom stereocenters. The summed E-state index contributed by atoms with van der Waals surface area (Å²) in [6.45, 7) is 0. The first kappa shape index (κ1) is 12.2. The summed E-state index contributed by atoms with van der Waals surface area (Å²) in [7, 11) is 1.80. The summed E-state index contributed by atoms with van der Waals surface area (Å²) in [5.74, 6) is -0.262. The van der Waals surface area contributed by atoms with Crippen LogP contribution in [0, 0.1) is 0 Å². The quantitative estimate of drug-likeness (QED) is 0.869. The Labute approximate surface area is 111 Å². The lowest BCUT2D eigenvalue weighted by atomic mass is 9.97. The van der Waals surface area contributed by atoms with Crippen LogP contribution >= 0.6 is 0 Å². The molecule has 0 spiro atoms. The highest BCUT2D eigenvalue weighted by atomic mass is 16.1. The van der Waals surface area contributed by atoms with Crippen molar-refractivity contribution in [1.29, 1.82) is 0 Å². The smallest absolute Gasteiger partial charge is 0.237 e. The number of para-hydroxylation sites is 2. The maximum absolute atomic E-state index is 11.7. The minimum absolute atomic E-state index is 0.262. The highest BCUT2D eigenvalue weighted by molar-refractivity contribution is 5.85. The number of benzene rings is 1. The average molecular weight is 258 g/mol. The third-order valence-electron chi connectivity index (χ3n) is 4.31. The van der Waals surface area contributed by atoms with Crippen LogP contribution in [-0.4, -0.2) is 28.0 Å². The van der Waals surface area contributed by atoms with E-state index >= 15 is 0 Å². The number of carbonyl (C=O) groups excluding carboxylic acids is 1. The second-order valence-electron chi connectivity index (χ2n) is 5.23. The molecular formula is C14H18N4O. The normalized spacial score (nSPS) is 26.9. The number of fused-ring (bicyclic) bond motifs is 1. The number of carbonyl (C=O) groups is 1. The summed E-state index contributed by atoms with van der Waals surface area (Å²) in [6.07, 6.45) is 4.29. The zero-order valence-electron chi connectivity index (χ0n) is 11.0. The third kappa shape index (κ3) is 1.81. The molecular weight excluding hydrogens is 240 g/mol. The summed E-state index contributed by atoms with van der Waals surface area (Å²) < 4.78 is 2.16. The van der Waals surface area contributed by atoms with Gasteiger partial charge in [-0.2, -0.15) is 0 Å². The van der Waals surface area contributed by atoms with Crippen molar-refractivity contribution in [3.8, 4) is 0 Å². The van der Waals surface area contributed by atoms with Crippen LogP contribution < -0.4 is 11.1 Å². The lowest BCUT2D eigenvalue weighted by Gasteiger charge is -2.25. The summed E-state index contributed by atoms with van der Waals surface area (Å²) in [5.41, 5.74) is 7.08. The van der Waals surface area contributed by atoms with Crippen LogP contribution in [0.3, 0.4) is 0 Å². The van der Waals surface area contributed by atoms with Crippen LogP contribution in [0.5, 0.6) is 0 Å². The third-order valence-corrected chi connectivity index (χ3v) is 4.31. The molecule has 1 saturated carbocycles. The molecule has 1 aromatic carbocycles. The van der Waals surface area contributed by atoms with Crippen molar-refractivity contribution in [2.45, 2.75) is 30.8 Å². The molecule has 1 heterocycles. The summed E-state index contributed by atoms with van der Waals surface area (Å²) in [6, 6.07) is 8.32. The Morgan fingerprint density at radius 1 is 1.53 bits per heavy atom. The van der Waals surface area contributed by atoms with Crippen molar-refractivity contribution in [2.24, 2.45) is 5.73 Å². The van der Waals surface area contributed by atoms with Crippen LogP contribution in [0.15, 0.2) is 30.6 Å². The van der Waals surface area contributed by atoms with Gasteiger partial charge in [0.15, 0.2) is 0 Å². The number of rotatable bonds is 3. The topological polar surface area (TPSA) is 72.9 Å². The molecule has 5 heteroatoms. The van der Waals surface area contributed by atoms with Gasteiger partial charge in [-0.1, -0.05) is 12.1 Å². The van der Waals surface area contributed by atoms with E-state index in [0.717, 1.165) is 30.3 Å². The standard InChI is InChI=1S/C14H18N4O/c1-16-14(13(15)19)7-6-10(8-14)18-9-17-11-4-2-3-5-12(11)18/h2-5,9-10,16H,6-8H2,1H3,(H2,15,19). The summed E-state index contributed by atoms with van der Waals surface area (Å²) in [5, 5.41) is 3.11. The Balaban J connectivity index is 1.95. The first-order valence-electron chi connectivity index (χ1n) is 6.57. The fraction of sp³-hybridized carbons (Fsp3) is 0.429. The molecule has 0 saturated heterocycles. The minimum Gasteiger partial charge on any atom is -0.368 e. The second-order valence-corrected chi connectivity index (χ2v) is 5.23. The number of imidazole rings is 1. The average Bonchev–Trinajstić information content (AvgIpc) is 3.03. The molecule has 1 fully saturated rings. The fourth-order valence-electron chi connectivity index (χ4n) is 3.10. The van der Waals surface area contributed by atoms with Gasteiger partial charge in [-0.05, 0) is 38.4 Å². The van der Waals surface area contributed by atoms with Crippen molar-refractivity contribution in [1.82, 2.24) is 14.9 Å². The van der Waals surface area contributed by atoms with Gasteiger partial charge in [0.2, 0.25) is 5.91 Å². The van der Waals surface area contributed by atoms with E-state index < -0.39 is 5.54 Å². The Morgan fingerprint density at radius 3 is 3.00 bits per heavy atom. The lowest BCUT2D eigenvalue weighted by molar-refractivity contribution is -0.124. The predicted octanol–water partition coefficient (Wildman–Crippen LogP) is 1.20. The maximum atomic E-state index is 11.7. The van der Waals surface area contributed by atoms with Gasteiger partial charge in [-0.3, -0.25) is 4.79 Å². The van der Waals surface area contributed by atoms with Gasteiger partial charge >= 0.3 is 0 Å². The lowest BCUT2D eigenvalue weighted by Crippen LogP contribution is -2.52. The number of aromatic nitrogens is 2. The number of likely N-dealkylation sites (N-methyl/N-ethyl adjacent to an activating group) is 1. The fourth-order valence-corrected chi connectivity index (χ4v) is 3.10. The molecule has 1 aliphatic carbocycles. The molecule has 0 radical (unpaired) electrons. The number of nitrogens with two attached hydrogens (primary N) is 1. The first-order valence-corrected chi connectivity index (χ1v) is 6.57. The number of nitrogens with zero attached hydrogens (tertiary/aromatic N) is 2. The van der Waals surface area contributed by atoms with Crippen LogP contribution in [0.25, 0.3) is 11.0 Å². The van der Waals surface area contributed by atoms with Gasteiger partial charge in [-0.15, -0.1) is 0 Å². The molecule has 2 aromatic rings. The zero-order chi connectivity index (χ0) is 13.5. The van der Waals surface area contributed by atoms with Crippen LogP contribution in [0.4, 0.5) is 0 Å². The zero-order valence-corrected chi connectivity index (χ0v) is 11.0. The highest BCUT2D eigenvalue weighted by Crippen LogP contribution is 2.38. The van der Waals surface area contributed by atoms with Gasteiger partial charge < -0.3 is 15.6 Å². The van der Waals surface area contributed by atoms with E-state index in [4.69, 9.17) is 5.73 Å². The molecule has 100 valence electrons. The Kier molecular flexibility index (Phi) is 2.78. The SMILES string of the molecule is CNC1(C(N)=O)CCC(n2cnc3ccccc32)C1. The van der Waals surface area contributed by atoms with Crippen molar-refractivity contribution in [3.05, 3.63) is 30.6 Å². The highest BCUT2D eigenvalue weighted by Gasteiger charge is 2.43. The molecule has 19 heavy (non-hydrogen) atoms. The van der Waals surface area contributed by atoms with Crippen molar-refractivity contribution >= 4 is 16.9 Å². The Bertz CT molecular complexity index is 621. The maximum Gasteiger partial charge on any atom is 0.237 e. The van der Waals surface area contributed by atoms with Crippen molar-refractivity contribution in [2.75, 3.05) is 7.05 Å². The monoisotopic (exact) mass is 258 g/mol. The molecule has 1 aromatic heterocycles. The van der Waals surface area contributed by atoms with Gasteiger partial charge in [-0.25, -0.2) is 4.98 Å². The van der Waals surface area contributed by atoms with Crippen molar-refractivity contribution in [3.63, 3.8) is 0 Å². The minimum atomic E-state index is -0.573. The van der Waals surface area contributed by atoms with E-state index in [9.17, 15) is 4.79 Å². The van der Waals surface area contributed by atoms with Gasteiger partial charge in [0, 0.05) is 6.04 Å². The predicted molar refractivity (Wildman–Crippen MR) is 73.6 cm³/mol. The van der Waals surface area contributed by atoms with Crippen LogP contribution in [-0.2, 0) is 4.79 Å². The summed E-state index contributed by atoms with van der Waals surface area (Å²) >= 11 is 0. The number of nitrogens with one attached hydrogen (secondary N) is 1. The molecule has 0 bridgehead atoms. The molecule has 3 rings (SSSR count). The summed E-state index contributed by atoms with van der Waals surface area (Å²) in [4.78, 5) is 16.1. The number of hydrogen-bond acceptors (Lipinski definition) is 3. The molecule has 1 aliphatic rings. The largest absolute Gasteiger partial charge is 0.368 e. The Morgan fingerprint density at radius 2 is 2.32 bits per heavy atom. The van der Waals surface area contributed by atoms with Gasteiger partial charge in [0.25, 0.3) is 0 Å². The molecule has 3 N–H and O–H groups in total. The molecule has 5 nitrogen and oxygen atoms in total. The van der Waals surface area contributed by atoms with Crippen LogP contribution in [0.1, 0.15) is 25.3 Å². The number of amides is 1. The van der Waals surface area contributed by atoms with E-state index in [1.165, 1.54) is 0 Å². The van der Waals surface area contributed by atoms with E-state index in [0.29, 0.717) is 0 Å². The Hall–Kier alpha value is -1.88. The molecule has 0 aliphatic heterocycles. The van der Waals surface area contributed by atoms with E-state index in [-0.39, 0.29) is 11.9 Å². The number of hydrogen-bond donors (Lipinski definition) is 2. The van der Waals surface area contributed by atoms with Crippen LogP contribution in [0.2, 0.25) is 0 Å². The van der Waals surface area contributed by atoms with E-state index in [1.807, 2.05) is 24.5 Å².